The van der Waals surface area contributed by atoms with Crippen LogP contribution in [-0.4, -0.2) is 9.55 Å². The number of hydrogen-bond donors (Lipinski definition) is 1. The predicted molar refractivity (Wildman–Crippen MR) is 112 cm³/mol. The Morgan fingerprint density at radius 2 is 1.64 bits per heavy atom. The van der Waals surface area contributed by atoms with E-state index in [0.29, 0.717) is 22.2 Å². The minimum atomic E-state index is -0.534. The van der Waals surface area contributed by atoms with Gasteiger partial charge in [0.1, 0.15) is 0 Å². The number of rotatable bonds is 1. The molecule has 3 aromatic carbocycles. The zero-order valence-corrected chi connectivity index (χ0v) is 15.7. The van der Waals surface area contributed by atoms with E-state index in [-0.39, 0.29) is 5.02 Å². The van der Waals surface area contributed by atoms with Gasteiger partial charge in [-0.05, 0) is 48.9 Å². The fourth-order valence-electron chi connectivity index (χ4n) is 3.08. The Hall–Kier alpha value is -3.55. The summed E-state index contributed by atoms with van der Waals surface area (Å²) in [5.41, 5.74) is 2.26. The summed E-state index contributed by atoms with van der Waals surface area (Å²) < 4.78 is 1.06. The minimum Gasteiger partial charge on any atom is -0.306 e. The molecule has 0 unspecified atom stereocenters. The molecule has 0 saturated carbocycles. The van der Waals surface area contributed by atoms with Gasteiger partial charge in [0, 0.05) is 11.1 Å². The number of aromatic nitrogens is 2. The van der Waals surface area contributed by atoms with Crippen LogP contribution < -0.4 is 11.2 Å². The first-order valence-corrected chi connectivity index (χ1v) is 9.04. The highest BCUT2D eigenvalue weighted by Gasteiger charge is 2.13. The zero-order valence-electron chi connectivity index (χ0n) is 15.0. The monoisotopic (exact) mass is 386 g/mol. The lowest BCUT2D eigenvalue weighted by molar-refractivity contribution is 0.900. The van der Waals surface area contributed by atoms with Crippen LogP contribution in [0.15, 0.2) is 76.3 Å². The molecule has 0 saturated heterocycles. The summed E-state index contributed by atoms with van der Waals surface area (Å²) in [6, 6.07) is 20.0. The second-order valence-electron chi connectivity index (χ2n) is 6.35. The third-order valence-electron chi connectivity index (χ3n) is 4.45. The Kier molecular flexibility index (Phi) is 4.60. The van der Waals surface area contributed by atoms with Crippen LogP contribution in [0.1, 0.15) is 16.7 Å². The first kappa shape index (κ1) is 17.8. The molecule has 0 radical (unpaired) electrons. The fourth-order valence-corrected chi connectivity index (χ4v) is 3.35. The van der Waals surface area contributed by atoms with Crippen molar-refractivity contribution in [3.05, 3.63) is 109 Å². The van der Waals surface area contributed by atoms with E-state index in [0.717, 1.165) is 15.7 Å². The maximum Gasteiger partial charge on any atom is 0.333 e. The van der Waals surface area contributed by atoms with Gasteiger partial charge in [0.25, 0.3) is 5.56 Å². The maximum atomic E-state index is 13.0. The van der Waals surface area contributed by atoms with Gasteiger partial charge in [-0.2, -0.15) is 0 Å². The van der Waals surface area contributed by atoms with E-state index in [4.69, 9.17) is 11.6 Å². The van der Waals surface area contributed by atoms with Crippen LogP contribution in [-0.2, 0) is 0 Å². The molecule has 1 aromatic heterocycles. The molecule has 0 aliphatic heterocycles. The largest absolute Gasteiger partial charge is 0.333 e. The van der Waals surface area contributed by atoms with Crippen LogP contribution in [0.25, 0.3) is 16.6 Å². The Morgan fingerprint density at radius 3 is 2.39 bits per heavy atom. The molecule has 4 nitrogen and oxygen atoms in total. The van der Waals surface area contributed by atoms with E-state index in [2.05, 4.69) is 16.8 Å². The van der Waals surface area contributed by atoms with Gasteiger partial charge >= 0.3 is 5.69 Å². The molecule has 0 fully saturated rings. The molecule has 4 rings (SSSR count). The van der Waals surface area contributed by atoms with Gasteiger partial charge < -0.3 is 4.98 Å². The molecule has 4 aromatic rings. The van der Waals surface area contributed by atoms with Crippen molar-refractivity contribution in [3.8, 4) is 17.5 Å². The number of halogens is 1. The van der Waals surface area contributed by atoms with Crippen LogP contribution in [0.2, 0.25) is 5.02 Å². The molecular formula is C23H15ClN2O2. The number of benzene rings is 3. The number of fused-ring (bicyclic) bond motifs is 1. The van der Waals surface area contributed by atoms with E-state index >= 15 is 0 Å². The van der Waals surface area contributed by atoms with E-state index < -0.39 is 11.2 Å². The lowest BCUT2D eigenvalue weighted by Gasteiger charge is -2.09. The molecule has 0 aliphatic carbocycles. The summed E-state index contributed by atoms with van der Waals surface area (Å²) in [6.45, 7) is 1.83. The number of aryl methyl sites for hydroxylation is 1. The molecule has 1 N–H and O–H groups in total. The van der Waals surface area contributed by atoms with Gasteiger partial charge in [0.2, 0.25) is 0 Å². The van der Waals surface area contributed by atoms with Gasteiger partial charge in [-0.15, -0.1) is 0 Å². The van der Waals surface area contributed by atoms with Gasteiger partial charge in [-0.1, -0.05) is 53.8 Å². The van der Waals surface area contributed by atoms with Crippen LogP contribution in [0.4, 0.5) is 0 Å². The highest BCUT2D eigenvalue weighted by molar-refractivity contribution is 6.32. The van der Waals surface area contributed by atoms with Gasteiger partial charge in [0.15, 0.2) is 0 Å². The second-order valence-corrected chi connectivity index (χ2v) is 6.76. The summed E-state index contributed by atoms with van der Waals surface area (Å²) >= 11 is 6.40. The standard InChI is InChI=1S/C23H15ClN2O2/c1-15-6-5-9-19-21(15)22(27)26(23(28)25-19)20-13-12-17(14-18(20)24)11-10-16-7-3-2-4-8-16/h2-9,12-14H,1H3,(H,25,28). The average molecular weight is 387 g/mol. The van der Waals surface area contributed by atoms with Crippen molar-refractivity contribution in [3.63, 3.8) is 0 Å². The predicted octanol–water partition coefficient (Wildman–Crippen LogP) is 4.04. The third-order valence-corrected chi connectivity index (χ3v) is 4.75. The summed E-state index contributed by atoms with van der Waals surface area (Å²) in [5, 5.41) is 0.742. The third kappa shape index (κ3) is 3.24. The van der Waals surface area contributed by atoms with Gasteiger partial charge in [-0.25, -0.2) is 9.36 Å². The Bertz CT molecular complexity index is 1370. The zero-order chi connectivity index (χ0) is 19.7. The van der Waals surface area contributed by atoms with Gasteiger partial charge in [0.05, 0.1) is 21.6 Å². The Morgan fingerprint density at radius 1 is 0.893 bits per heavy atom. The van der Waals surface area contributed by atoms with Crippen LogP contribution in [0.5, 0.6) is 0 Å². The van der Waals surface area contributed by atoms with Crippen LogP contribution >= 0.6 is 11.6 Å². The van der Waals surface area contributed by atoms with Crippen molar-refractivity contribution in [2.45, 2.75) is 6.92 Å². The first-order chi connectivity index (χ1) is 13.5. The Labute approximate surface area is 166 Å². The second kappa shape index (κ2) is 7.22. The SMILES string of the molecule is Cc1cccc2[nH]c(=O)n(-c3ccc(C#Cc4ccccc4)cc3Cl)c(=O)c12. The van der Waals surface area contributed by atoms with E-state index in [1.807, 2.05) is 43.3 Å². The molecule has 1 heterocycles. The molecule has 0 spiro atoms. The highest BCUT2D eigenvalue weighted by atomic mass is 35.5. The number of aromatic amines is 1. The lowest BCUT2D eigenvalue weighted by atomic mass is 10.1. The van der Waals surface area contributed by atoms with Crippen molar-refractivity contribution >= 4 is 22.5 Å². The minimum absolute atomic E-state index is 0.278. The number of hydrogen-bond acceptors (Lipinski definition) is 2. The fraction of sp³-hybridized carbons (Fsp3) is 0.0435. The van der Waals surface area contributed by atoms with Crippen molar-refractivity contribution in [2.24, 2.45) is 0 Å². The quantitative estimate of drug-likeness (QED) is 0.502. The van der Waals surface area contributed by atoms with Crippen molar-refractivity contribution in [2.75, 3.05) is 0 Å². The first-order valence-electron chi connectivity index (χ1n) is 8.66. The Balaban J connectivity index is 1.83. The van der Waals surface area contributed by atoms with Gasteiger partial charge in [-0.3, -0.25) is 4.79 Å². The topological polar surface area (TPSA) is 54.9 Å². The maximum absolute atomic E-state index is 13.0. The smallest absolute Gasteiger partial charge is 0.306 e. The van der Waals surface area contributed by atoms with Crippen LogP contribution in [0, 0.1) is 18.8 Å². The molecular weight excluding hydrogens is 372 g/mol. The molecule has 136 valence electrons. The molecule has 0 bridgehead atoms. The number of nitrogens with one attached hydrogen (secondary N) is 1. The van der Waals surface area contributed by atoms with Crippen LogP contribution in [0.3, 0.4) is 0 Å². The van der Waals surface area contributed by atoms with Crippen molar-refractivity contribution < 1.29 is 0 Å². The normalized spacial score (nSPS) is 10.5. The summed E-state index contributed by atoms with van der Waals surface area (Å²) in [5.74, 6) is 6.10. The van der Waals surface area contributed by atoms with Crippen molar-refractivity contribution in [1.82, 2.24) is 9.55 Å². The molecule has 0 amide bonds. The summed E-state index contributed by atoms with van der Waals surface area (Å²) in [6.07, 6.45) is 0. The van der Waals surface area contributed by atoms with Crippen molar-refractivity contribution in [1.29, 1.82) is 0 Å². The number of H-pyrrole nitrogens is 1. The number of nitrogens with zero attached hydrogens (tertiary/aromatic N) is 1. The highest BCUT2D eigenvalue weighted by Crippen LogP contribution is 2.20. The summed E-state index contributed by atoms with van der Waals surface area (Å²) in [7, 11) is 0. The molecule has 5 heteroatoms. The lowest BCUT2D eigenvalue weighted by Crippen LogP contribution is -2.34. The molecule has 28 heavy (non-hydrogen) atoms. The van der Waals surface area contributed by atoms with E-state index in [1.165, 1.54) is 0 Å². The molecule has 0 aliphatic rings. The van der Waals surface area contributed by atoms with E-state index in [9.17, 15) is 9.59 Å². The van der Waals surface area contributed by atoms with E-state index in [1.54, 1.807) is 30.3 Å². The average Bonchev–Trinajstić information content (AvgIpc) is 2.68. The summed E-state index contributed by atoms with van der Waals surface area (Å²) in [4.78, 5) is 28.3. The molecule has 0 atom stereocenters.